The molecule has 0 aliphatic rings. The van der Waals surface area contributed by atoms with Crippen LogP contribution in [-0.2, 0) is 17.9 Å². The maximum atomic E-state index is 12.2. The molecular formula is C15H16N4O2S3. The minimum atomic E-state index is 0.0775. The first-order valence-corrected chi connectivity index (χ1v) is 9.88. The number of hydrogen-bond donors (Lipinski definition) is 1. The highest BCUT2D eigenvalue weighted by atomic mass is 32.2. The molecule has 0 bridgehead atoms. The van der Waals surface area contributed by atoms with Crippen LogP contribution < -0.4 is 5.32 Å². The van der Waals surface area contributed by atoms with Gasteiger partial charge in [-0.05, 0) is 23.6 Å². The summed E-state index contributed by atoms with van der Waals surface area (Å²) in [6, 6.07) is 7.76. The van der Waals surface area contributed by atoms with Crippen LogP contribution in [0.5, 0.6) is 0 Å². The first kappa shape index (κ1) is 17.0. The molecule has 0 aromatic carbocycles. The molecule has 126 valence electrons. The Balaban J connectivity index is 1.43. The molecule has 3 heterocycles. The third kappa shape index (κ3) is 4.83. The molecule has 1 N–H and O–H groups in total. The second-order valence-corrected chi connectivity index (χ2v) is 8.16. The summed E-state index contributed by atoms with van der Waals surface area (Å²) in [6.45, 7) is 1.21. The summed E-state index contributed by atoms with van der Waals surface area (Å²) in [7, 11) is 1.82. The van der Waals surface area contributed by atoms with E-state index in [1.165, 1.54) is 28.0 Å². The number of carbonyl (C=O) groups is 1. The maximum Gasteiger partial charge on any atom is 0.233 e. The van der Waals surface area contributed by atoms with E-state index in [2.05, 4.69) is 15.5 Å². The van der Waals surface area contributed by atoms with E-state index in [1.54, 1.807) is 22.5 Å². The van der Waals surface area contributed by atoms with Gasteiger partial charge in [0.1, 0.15) is 5.76 Å². The minimum Gasteiger partial charge on any atom is -0.467 e. The van der Waals surface area contributed by atoms with Gasteiger partial charge >= 0.3 is 0 Å². The molecule has 3 aromatic rings. The van der Waals surface area contributed by atoms with Gasteiger partial charge in [0.25, 0.3) is 0 Å². The zero-order valence-electron chi connectivity index (χ0n) is 13.0. The van der Waals surface area contributed by atoms with Crippen LogP contribution in [-0.4, -0.2) is 33.8 Å². The third-order valence-electron chi connectivity index (χ3n) is 3.12. The van der Waals surface area contributed by atoms with Crippen molar-refractivity contribution in [3.63, 3.8) is 0 Å². The van der Waals surface area contributed by atoms with Crippen molar-refractivity contribution in [3.8, 4) is 0 Å². The Kier molecular flexibility index (Phi) is 5.89. The van der Waals surface area contributed by atoms with E-state index < -0.39 is 0 Å². The molecule has 0 aliphatic carbocycles. The average Bonchev–Trinajstić information content (AvgIpc) is 3.32. The Morgan fingerprint density at radius 3 is 3.04 bits per heavy atom. The Labute approximate surface area is 151 Å². The molecule has 0 radical (unpaired) electrons. The lowest BCUT2D eigenvalue weighted by atomic mass is 10.4. The van der Waals surface area contributed by atoms with Crippen molar-refractivity contribution < 1.29 is 9.21 Å². The number of nitrogens with zero attached hydrogens (tertiary/aromatic N) is 3. The normalized spacial score (nSPS) is 10.7. The van der Waals surface area contributed by atoms with Crippen molar-refractivity contribution in [2.75, 3.05) is 18.1 Å². The standard InChI is InChI=1S/C15H16N4O2S3/c1-19(9-12-5-3-7-22-12)13(20)10-23-15-18-17-14(24-15)16-8-11-4-2-6-21-11/h2-7H,8-10H2,1H3,(H,16,17). The van der Waals surface area contributed by atoms with E-state index in [1.807, 2.05) is 36.7 Å². The number of amides is 1. The zero-order chi connectivity index (χ0) is 16.8. The summed E-state index contributed by atoms with van der Waals surface area (Å²) in [4.78, 5) is 15.1. The van der Waals surface area contributed by atoms with Gasteiger partial charge in [0, 0.05) is 11.9 Å². The number of carbonyl (C=O) groups excluding carboxylic acids is 1. The van der Waals surface area contributed by atoms with Gasteiger partial charge < -0.3 is 14.6 Å². The fourth-order valence-corrected chi connectivity index (χ4v) is 4.32. The molecule has 0 unspecified atom stereocenters. The average molecular weight is 381 g/mol. The first-order chi connectivity index (χ1) is 11.7. The van der Waals surface area contributed by atoms with Crippen LogP contribution in [0.4, 0.5) is 5.13 Å². The monoisotopic (exact) mass is 380 g/mol. The van der Waals surface area contributed by atoms with Gasteiger partial charge in [0.15, 0.2) is 4.34 Å². The summed E-state index contributed by atoms with van der Waals surface area (Å²) in [6.07, 6.45) is 1.64. The number of thiophene rings is 1. The lowest BCUT2D eigenvalue weighted by Crippen LogP contribution is -2.27. The highest BCUT2D eigenvalue weighted by Crippen LogP contribution is 2.26. The minimum absolute atomic E-state index is 0.0775. The van der Waals surface area contributed by atoms with Crippen LogP contribution in [0.15, 0.2) is 44.7 Å². The van der Waals surface area contributed by atoms with Crippen molar-refractivity contribution in [2.45, 2.75) is 17.4 Å². The molecule has 9 heteroatoms. The van der Waals surface area contributed by atoms with Crippen LogP contribution in [0, 0.1) is 0 Å². The largest absolute Gasteiger partial charge is 0.467 e. The lowest BCUT2D eigenvalue weighted by Gasteiger charge is -2.15. The second-order valence-electron chi connectivity index (χ2n) is 4.92. The van der Waals surface area contributed by atoms with Gasteiger partial charge in [0.2, 0.25) is 11.0 Å². The second kappa shape index (κ2) is 8.32. The Morgan fingerprint density at radius 1 is 1.38 bits per heavy atom. The van der Waals surface area contributed by atoms with E-state index in [0.717, 1.165) is 10.1 Å². The number of hydrogen-bond acceptors (Lipinski definition) is 8. The number of rotatable bonds is 8. The number of anilines is 1. The predicted molar refractivity (Wildman–Crippen MR) is 97.5 cm³/mol. The van der Waals surface area contributed by atoms with Crippen LogP contribution >= 0.6 is 34.4 Å². The first-order valence-electron chi connectivity index (χ1n) is 7.19. The summed E-state index contributed by atoms with van der Waals surface area (Å²) >= 11 is 4.49. The van der Waals surface area contributed by atoms with Gasteiger partial charge in [-0.1, -0.05) is 29.2 Å². The molecule has 3 aromatic heterocycles. The predicted octanol–water partition coefficient (Wildman–Crippen LogP) is 3.56. The van der Waals surface area contributed by atoms with Crippen molar-refractivity contribution in [3.05, 3.63) is 46.5 Å². The van der Waals surface area contributed by atoms with Crippen LogP contribution in [0.25, 0.3) is 0 Å². The van der Waals surface area contributed by atoms with E-state index in [9.17, 15) is 4.79 Å². The van der Waals surface area contributed by atoms with E-state index in [0.29, 0.717) is 24.0 Å². The van der Waals surface area contributed by atoms with Crippen molar-refractivity contribution >= 4 is 45.5 Å². The van der Waals surface area contributed by atoms with Crippen molar-refractivity contribution in [1.82, 2.24) is 15.1 Å². The van der Waals surface area contributed by atoms with Crippen molar-refractivity contribution in [1.29, 1.82) is 0 Å². The molecule has 3 rings (SSSR count). The Morgan fingerprint density at radius 2 is 2.29 bits per heavy atom. The molecule has 0 aliphatic heterocycles. The van der Waals surface area contributed by atoms with E-state index in [4.69, 9.17) is 4.42 Å². The summed E-state index contributed by atoms with van der Waals surface area (Å²) in [5.41, 5.74) is 0. The molecule has 0 spiro atoms. The molecule has 0 atom stereocenters. The summed E-state index contributed by atoms with van der Waals surface area (Å²) < 4.78 is 6.02. The van der Waals surface area contributed by atoms with Gasteiger partial charge in [-0.3, -0.25) is 4.79 Å². The number of thioether (sulfide) groups is 1. The molecule has 0 saturated carbocycles. The Bertz CT molecular complexity index is 756. The van der Waals surface area contributed by atoms with Crippen LogP contribution in [0.2, 0.25) is 0 Å². The van der Waals surface area contributed by atoms with Gasteiger partial charge in [0.05, 0.1) is 25.1 Å². The SMILES string of the molecule is CN(Cc1cccs1)C(=O)CSc1nnc(NCc2ccco2)s1. The topological polar surface area (TPSA) is 71.3 Å². The highest BCUT2D eigenvalue weighted by molar-refractivity contribution is 8.01. The molecule has 0 saturated heterocycles. The smallest absolute Gasteiger partial charge is 0.233 e. The van der Waals surface area contributed by atoms with Gasteiger partial charge in [-0.25, -0.2) is 0 Å². The fourth-order valence-electron chi connectivity index (χ4n) is 1.87. The van der Waals surface area contributed by atoms with E-state index >= 15 is 0 Å². The molecule has 1 amide bonds. The molecule has 24 heavy (non-hydrogen) atoms. The number of nitrogens with one attached hydrogen (secondary N) is 1. The zero-order valence-corrected chi connectivity index (χ0v) is 15.4. The fraction of sp³-hybridized carbons (Fsp3) is 0.267. The lowest BCUT2D eigenvalue weighted by molar-refractivity contribution is -0.127. The van der Waals surface area contributed by atoms with Crippen molar-refractivity contribution in [2.24, 2.45) is 0 Å². The van der Waals surface area contributed by atoms with Gasteiger partial charge in [-0.2, -0.15) is 0 Å². The molecule has 6 nitrogen and oxygen atoms in total. The summed E-state index contributed by atoms with van der Waals surface area (Å²) in [5, 5.41) is 14.0. The Hall–Kier alpha value is -1.84. The third-order valence-corrected chi connectivity index (χ3v) is 5.98. The van der Waals surface area contributed by atoms with Crippen LogP contribution in [0.3, 0.4) is 0 Å². The van der Waals surface area contributed by atoms with Gasteiger partial charge in [-0.15, -0.1) is 21.5 Å². The van der Waals surface area contributed by atoms with Crippen LogP contribution in [0.1, 0.15) is 10.6 Å². The summed E-state index contributed by atoms with van der Waals surface area (Å²) in [5.74, 6) is 1.27. The highest BCUT2D eigenvalue weighted by Gasteiger charge is 2.12. The number of aromatic nitrogens is 2. The quantitative estimate of drug-likeness (QED) is 0.603. The molecule has 0 fully saturated rings. The van der Waals surface area contributed by atoms with E-state index in [-0.39, 0.29) is 5.91 Å². The maximum absolute atomic E-state index is 12.2. The number of furan rings is 1. The molecular weight excluding hydrogens is 364 g/mol.